The van der Waals surface area contributed by atoms with Crippen LogP contribution >= 0.6 is 11.8 Å². The molecule has 0 aliphatic rings. The van der Waals surface area contributed by atoms with Gasteiger partial charge in [0, 0.05) is 12.3 Å². The van der Waals surface area contributed by atoms with Gasteiger partial charge in [0.05, 0.1) is 18.4 Å². The van der Waals surface area contributed by atoms with Crippen molar-refractivity contribution < 1.29 is 14.3 Å². The van der Waals surface area contributed by atoms with Crippen LogP contribution < -0.4 is 5.32 Å². The zero-order chi connectivity index (χ0) is 17.9. The number of benzene rings is 2. The molecule has 2 aromatic rings. The Morgan fingerprint density at radius 3 is 2.48 bits per heavy atom. The minimum Gasteiger partial charge on any atom is -0.465 e. The number of hydrogen-bond acceptors (Lipinski definition) is 4. The first-order valence-electron chi connectivity index (χ1n) is 7.92. The summed E-state index contributed by atoms with van der Waals surface area (Å²) in [6.45, 7) is 0.445. The van der Waals surface area contributed by atoms with Crippen molar-refractivity contribution in [2.75, 3.05) is 18.6 Å². The van der Waals surface area contributed by atoms with E-state index in [1.54, 1.807) is 23.9 Å². The summed E-state index contributed by atoms with van der Waals surface area (Å²) < 4.78 is 4.65. The van der Waals surface area contributed by atoms with E-state index in [0.29, 0.717) is 17.9 Å². The molecular formula is C20H21NO3S. The molecule has 0 aliphatic carbocycles. The van der Waals surface area contributed by atoms with E-state index < -0.39 is 0 Å². The minimum absolute atomic E-state index is 0.00449. The lowest BCUT2D eigenvalue weighted by Crippen LogP contribution is -2.24. The van der Waals surface area contributed by atoms with Crippen LogP contribution in [0.25, 0.3) is 6.08 Å². The molecule has 2 aromatic carbocycles. The van der Waals surface area contributed by atoms with Crippen molar-refractivity contribution in [1.82, 2.24) is 5.32 Å². The van der Waals surface area contributed by atoms with Gasteiger partial charge < -0.3 is 10.1 Å². The largest absolute Gasteiger partial charge is 0.465 e. The van der Waals surface area contributed by atoms with Gasteiger partial charge in [-0.2, -0.15) is 0 Å². The predicted octanol–water partition coefficient (Wildman–Crippen LogP) is 3.54. The van der Waals surface area contributed by atoms with Gasteiger partial charge in [0.15, 0.2) is 0 Å². The summed E-state index contributed by atoms with van der Waals surface area (Å²) in [6, 6.07) is 17.1. The van der Waals surface area contributed by atoms with E-state index in [-0.39, 0.29) is 11.9 Å². The quantitative estimate of drug-likeness (QED) is 0.581. The van der Waals surface area contributed by atoms with E-state index in [1.165, 1.54) is 7.11 Å². The molecule has 0 aliphatic heterocycles. The smallest absolute Gasteiger partial charge is 0.337 e. The first-order chi connectivity index (χ1) is 12.2. The highest BCUT2D eigenvalue weighted by atomic mass is 32.2. The number of methoxy groups -OCH3 is 1. The zero-order valence-corrected chi connectivity index (χ0v) is 14.9. The summed E-state index contributed by atoms with van der Waals surface area (Å²) in [7, 11) is 1.35. The standard InChI is InChI=1S/C20H21NO3S/c1-24-20(23)18-11-9-17(10-12-18)14-21-19(22)15-25-13-5-8-16-6-3-2-4-7-16/h2-12H,13-15H2,1H3,(H,21,22)/b8-5+. The number of amides is 1. The maximum atomic E-state index is 11.8. The second kappa shape index (κ2) is 10.4. The number of esters is 1. The average molecular weight is 355 g/mol. The van der Waals surface area contributed by atoms with Gasteiger partial charge in [0.2, 0.25) is 5.91 Å². The number of nitrogens with one attached hydrogen (secondary N) is 1. The molecule has 4 nitrogen and oxygen atoms in total. The van der Waals surface area contributed by atoms with Crippen molar-refractivity contribution in [2.24, 2.45) is 0 Å². The minimum atomic E-state index is -0.365. The summed E-state index contributed by atoms with van der Waals surface area (Å²) in [5, 5.41) is 2.87. The zero-order valence-electron chi connectivity index (χ0n) is 14.1. The molecule has 0 saturated carbocycles. The first-order valence-corrected chi connectivity index (χ1v) is 9.08. The Labute approximate surface area is 152 Å². The maximum absolute atomic E-state index is 11.8. The molecular weight excluding hydrogens is 334 g/mol. The Bertz CT molecular complexity index is 711. The second-order valence-electron chi connectivity index (χ2n) is 5.29. The Morgan fingerprint density at radius 1 is 1.08 bits per heavy atom. The van der Waals surface area contributed by atoms with Crippen LogP contribution in [0, 0.1) is 0 Å². The number of hydrogen-bond donors (Lipinski definition) is 1. The van der Waals surface area contributed by atoms with E-state index in [2.05, 4.69) is 16.1 Å². The van der Waals surface area contributed by atoms with Gasteiger partial charge in [-0.25, -0.2) is 4.79 Å². The van der Waals surface area contributed by atoms with E-state index in [4.69, 9.17) is 0 Å². The van der Waals surface area contributed by atoms with Crippen molar-refractivity contribution in [3.05, 3.63) is 77.4 Å². The summed E-state index contributed by atoms with van der Waals surface area (Å²) in [5.41, 5.74) is 2.59. The molecule has 25 heavy (non-hydrogen) atoms. The molecule has 0 aromatic heterocycles. The summed E-state index contributed by atoms with van der Waals surface area (Å²) in [4.78, 5) is 23.2. The predicted molar refractivity (Wildman–Crippen MR) is 102 cm³/mol. The molecule has 0 spiro atoms. The fourth-order valence-electron chi connectivity index (χ4n) is 2.10. The van der Waals surface area contributed by atoms with Gasteiger partial charge in [0.25, 0.3) is 0 Å². The summed E-state index contributed by atoms with van der Waals surface area (Å²) in [6.07, 6.45) is 4.10. The molecule has 0 unspecified atom stereocenters. The van der Waals surface area contributed by atoms with E-state index in [0.717, 1.165) is 16.9 Å². The number of carbonyl (C=O) groups excluding carboxylic acids is 2. The van der Waals surface area contributed by atoms with Crippen molar-refractivity contribution in [3.63, 3.8) is 0 Å². The molecule has 1 amide bonds. The lowest BCUT2D eigenvalue weighted by molar-refractivity contribution is -0.118. The maximum Gasteiger partial charge on any atom is 0.337 e. The Morgan fingerprint density at radius 2 is 1.80 bits per heavy atom. The third-order valence-electron chi connectivity index (χ3n) is 3.42. The van der Waals surface area contributed by atoms with Crippen LogP contribution in [0.5, 0.6) is 0 Å². The molecule has 130 valence electrons. The fourth-order valence-corrected chi connectivity index (χ4v) is 2.73. The average Bonchev–Trinajstić information content (AvgIpc) is 2.66. The molecule has 0 heterocycles. The molecule has 2 rings (SSSR count). The molecule has 5 heteroatoms. The van der Waals surface area contributed by atoms with Crippen LogP contribution in [-0.4, -0.2) is 30.5 Å². The van der Waals surface area contributed by atoms with E-state index in [1.807, 2.05) is 48.5 Å². The van der Waals surface area contributed by atoms with Crippen LogP contribution in [0.4, 0.5) is 0 Å². The summed E-state index contributed by atoms with van der Waals surface area (Å²) >= 11 is 1.57. The first kappa shape index (κ1) is 18.8. The third-order valence-corrected chi connectivity index (χ3v) is 4.32. The van der Waals surface area contributed by atoms with Crippen LogP contribution in [0.2, 0.25) is 0 Å². The van der Waals surface area contributed by atoms with Crippen LogP contribution in [0.3, 0.4) is 0 Å². The second-order valence-corrected chi connectivity index (χ2v) is 6.32. The molecule has 0 radical (unpaired) electrons. The van der Waals surface area contributed by atoms with Gasteiger partial charge in [-0.05, 0) is 23.3 Å². The molecule has 0 bridgehead atoms. The highest BCUT2D eigenvalue weighted by Gasteiger charge is 2.05. The molecule has 1 N–H and O–H groups in total. The van der Waals surface area contributed by atoms with Crippen LogP contribution in [0.1, 0.15) is 21.5 Å². The third kappa shape index (κ3) is 6.85. The Balaban J connectivity index is 1.65. The number of thioether (sulfide) groups is 1. The monoisotopic (exact) mass is 355 g/mol. The fraction of sp³-hybridized carbons (Fsp3) is 0.200. The van der Waals surface area contributed by atoms with Crippen LogP contribution in [0.15, 0.2) is 60.7 Å². The van der Waals surface area contributed by atoms with Gasteiger partial charge in [-0.3, -0.25) is 4.79 Å². The molecule has 0 atom stereocenters. The lowest BCUT2D eigenvalue weighted by atomic mass is 10.1. The van der Waals surface area contributed by atoms with Crippen molar-refractivity contribution in [1.29, 1.82) is 0 Å². The summed E-state index contributed by atoms with van der Waals surface area (Å²) in [5.74, 6) is 0.834. The van der Waals surface area contributed by atoms with Crippen molar-refractivity contribution >= 4 is 29.7 Å². The number of rotatable bonds is 8. The SMILES string of the molecule is COC(=O)c1ccc(CNC(=O)CSC/C=C/c2ccccc2)cc1. The molecule has 0 saturated heterocycles. The topological polar surface area (TPSA) is 55.4 Å². The lowest BCUT2D eigenvalue weighted by Gasteiger charge is -2.05. The normalized spacial score (nSPS) is 10.6. The van der Waals surface area contributed by atoms with Crippen molar-refractivity contribution in [3.8, 4) is 0 Å². The van der Waals surface area contributed by atoms with E-state index in [9.17, 15) is 9.59 Å². The van der Waals surface area contributed by atoms with E-state index >= 15 is 0 Å². The van der Waals surface area contributed by atoms with Gasteiger partial charge in [0.1, 0.15) is 0 Å². The Kier molecular flexibility index (Phi) is 7.79. The van der Waals surface area contributed by atoms with Gasteiger partial charge in [-0.1, -0.05) is 54.6 Å². The number of ether oxygens (including phenoxy) is 1. The van der Waals surface area contributed by atoms with Gasteiger partial charge in [-0.15, -0.1) is 11.8 Å². The Hall–Kier alpha value is -2.53. The van der Waals surface area contributed by atoms with Gasteiger partial charge >= 0.3 is 5.97 Å². The number of carbonyl (C=O) groups is 2. The van der Waals surface area contributed by atoms with Crippen molar-refractivity contribution in [2.45, 2.75) is 6.54 Å². The highest BCUT2D eigenvalue weighted by Crippen LogP contribution is 2.07. The molecule has 0 fully saturated rings. The highest BCUT2D eigenvalue weighted by molar-refractivity contribution is 8.00. The van der Waals surface area contributed by atoms with Crippen LogP contribution in [-0.2, 0) is 16.1 Å².